The molecule has 0 radical (unpaired) electrons. The lowest BCUT2D eigenvalue weighted by Crippen LogP contribution is -2.42. The number of benzene rings is 1. The fourth-order valence-corrected chi connectivity index (χ4v) is 3.30. The van der Waals surface area contributed by atoms with Gasteiger partial charge in [-0.25, -0.2) is 4.39 Å². The van der Waals surface area contributed by atoms with Gasteiger partial charge in [-0.2, -0.15) is 13.2 Å². The molecular formula is C18H16ClF4N3O. The van der Waals surface area contributed by atoms with Gasteiger partial charge in [0.15, 0.2) is 0 Å². The van der Waals surface area contributed by atoms with Crippen LogP contribution >= 0.6 is 11.6 Å². The van der Waals surface area contributed by atoms with Crippen molar-refractivity contribution in [2.24, 2.45) is 0 Å². The lowest BCUT2D eigenvalue weighted by molar-refractivity contribution is -0.185. The van der Waals surface area contributed by atoms with Gasteiger partial charge in [0.1, 0.15) is 5.82 Å². The van der Waals surface area contributed by atoms with Crippen LogP contribution in [0.5, 0.6) is 0 Å². The number of alkyl halides is 3. The van der Waals surface area contributed by atoms with Gasteiger partial charge in [0.25, 0.3) is 0 Å². The summed E-state index contributed by atoms with van der Waals surface area (Å²) in [5, 5.41) is 3.56. The molecule has 1 aliphatic heterocycles. The number of carbonyl (C=O) groups excluding carboxylic acids is 1. The molecule has 0 spiro atoms. The summed E-state index contributed by atoms with van der Waals surface area (Å²) < 4.78 is 51.1. The van der Waals surface area contributed by atoms with E-state index in [-0.39, 0.29) is 26.1 Å². The van der Waals surface area contributed by atoms with Crippen molar-refractivity contribution in [1.82, 2.24) is 9.88 Å². The summed E-state index contributed by atoms with van der Waals surface area (Å²) in [5.41, 5.74) is 2.81. The van der Waals surface area contributed by atoms with E-state index in [1.165, 1.54) is 12.1 Å². The number of amides is 1. The molecule has 0 fully saturated rings. The average Bonchev–Trinajstić information content (AvgIpc) is 2.83. The van der Waals surface area contributed by atoms with Gasteiger partial charge in [-0.05, 0) is 42.2 Å². The van der Waals surface area contributed by atoms with Crippen molar-refractivity contribution in [3.8, 4) is 0 Å². The molecule has 144 valence electrons. The second-order valence-corrected chi connectivity index (χ2v) is 6.58. The fourth-order valence-electron chi connectivity index (χ4n) is 3.06. The quantitative estimate of drug-likeness (QED) is 0.791. The molecule has 2 heterocycles. The van der Waals surface area contributed by atoms with Gasteiger partial charge >= 0.3 is 12.1 Å². The Morgan fingerprint density at radius 3 is 2.59 bits per heavy atom. The highest BCUT2D eigenvalue weighted by Gasteiger charge is 2.42. The lowest BCUT2D eigenvalue weighted by Gasteiger charge is -2.21. The number of hydrogen-bond acceptors (Lipinski definition) is 3. The Balaban J connectivity index is 1.79. The highest BCUT2D eigenvalue weighted by molar-refractivity contribution is 6.33. The highest BCUT2D eigenvalue weighted by Crippen LogP contribution is 2.32. The van der Waals surface area contributed by atoms with Crippen LogP contribution in [0.4, 0.5) is 23.2 Å². The average molecular weight is 402 g/mol. The van der Waals surface area contributed by atoms with Crippen molar-refractivity contribution in [3.05, 3.63) is 58.1 Å². The number of aromatic nitrogens is 1. The molecule has 27 heavy (non-hydrogen) atoms. The Bertz CT molecular complexity index is 840. The van der Waals surface area contributed by atoms with Gasteiger partial charge in [0, 0.05) is 13.1 Å². The molecule has 1 aromatic carbocycles. The van der Waals surface area contributed by atoms with Gasteiger partial charge in [0.2, 0.25) is 0 Å². The van der Waals surface area contributed by atoms with Crippen molar-refractivity contribution < 1.29 is 22.4 Å². The molecule has 1 amide bonds. The number of anilines is 1. The monoisotopic (exact) mass is 401 g/mol. The number of halogens is 5. The van der Waals surface area contributed by atoms with E-state index in [0.717, 1.165) is 22.2 Å². The third-order valence-corrected chi connectivity index (χ3v) is 4.72. The van der Waals surface area contributed by atoms with Crippen molar-refractivity contribution >= 4 is 23.2 Å². The molecule has 1 aliphatic rings. The summed E-state index contributed by atoms with van der Waals surface area (Å²) in [6, 6.07) is 6.25. The predicted molar refractivity (Wildman–Crippen MR) is 93.0 cm³/mol. The molecule has 1 aromatic heterocycles. The molecule has 0 atom stereocenters. The van der Waals surface area contributed by atoms with E-state index in [0.29, 0.717) is 22.8 Å². The predicted octanol–water partition coefficient (Wildman–Crippen LogP) is 3.98. The van der Waals surface area contributed by atoms with Gasteiger partial charge < -0.3 is 10.2 Å². The van der Waals surface area contributed by atoms with E-state index < -0.39 is 17.9 Å². The Hall–Kier alpha value is -2.35. The summed E-state index contributed by atoms with van der Waals surface area (Å²) in [6.45, 7) is 0.225. The number of nitrogens with one attached hydrogen (secondary N) is 1. The molecule has 2 aromatic rings. The maximum absolute atomic E-state index is 13.0. The number of fused-ring (bicyclic) bond motifs is 1. The number of pyridine rings is 1. The summed E-state index contributed by atoms with van der Waals surface area (Å²) >= 11 is 6.27. The Kier molecular flexibility index (Phi) is 5.55. The van der Waals surface area contributed by atoms with Gasteiger partial charge in [-0.1, -0.05) is 17.7 Å². The van der Waals surface area contributed by atoms with E-state index in [1.54, 1.807) is 12.1 Å². The first-order chi connectivity index (χ1) is 12.8. The van der Waals surface area contributed by atoms with Crippen molar-refractivity contribution in [2.45, 2.75) is 25.6 Å². The van der Waals surface area contributed by atoms with E-state index in [2.05, 4.69) is 10.3 Å². The van der Waals surface area contributed by atoms with Crippen LogP contribution in [0.2, 0.25) is 5.02 Å². The molecule has 0 saturated carbocycles. The zero-order valence-corrected chi connectivity index (χ0v) is 14.9. The second-order valence-electron chi connectivity index (χ2n) is 6.17. The van der Waals surface area contributed by atoms with Crippen LogP contribution in [0.1, 0.15) is 16.8 Å². The molecule has 0 bridgehead atoms. The number of rotatable bonds is 3. The van der Waals surface area contributed by atoms with Crippen LogP contribution < -0.4 is 5.32 Å². The van der Waals surface area contributed by atoms with Crippen LogP contribution in [0.25, 0.3) is 0 Å². The van der Waals surface area contributed by atoms with Crippen LogP contribution in [0, 0.1) is 5.82 Å². The maximum Gasteiger partial charge on any atom is 0.471 e. The van der Waals surface area contributed by atoms with Crippen molar-refractivity contribution in [3.63, 3.8) is 0 Å². The minimum Gasteiger partial charge on any atom is -0.378 e. The summed E-state index contributed by atoms with van der Waals surface area (Å²) in [6.07, 6.45) is -3.23. The van der Waals surface area contributed by atoms with Gasteiger partial charge in [-0.15, -0.1) is 0 Å². The van der Waals surface area contributed by atoms with E-state index >= 15 is 0 Å². The zero-order valence-electron chi connectivity index (χ0n) is 14.1. The van der Waals surface area contributed by atoms with Crippen LogP contribution in [0.3, 0.4) is 0 Å². The maximum atomic E-state index is 13.0. The summed E-state index contributed by atoms with van der Waals surface area (Å²) in [5.74, 6) is -2.27. The standard InChI is InChI=1S/C18H16ClF4N3O/c19-15-4-1-11-5-7-26(17(27)18(21,22)23)8-6-14(11)16(15)25-10-13-3-2-12(20)9-24-13/h1-4,9,25H,5-8,10H2. The molecule has 0 unspecified atom stereocenters. The minimum atomic E-state index is -4.89. The summed E-state index contributed by atoms with van der Waals surface area (Å²) in [4.78, 5) is 16.3. The number of nitrogens with zero attached hydrogens (tertiary/aromatic N) is 2. The van der Waals surface area contributed by atoms with Crippen LogP contribution in [0.15, 0.2) is 30.5 Å². The SMILES string of the molecule is O=C(N1CCc2ccc(Cl)c(NCc3ccc(F)cn3)c2CC1)C(F)(F)F. The number of hydrogen-bond donors (Lipinski definition) is 1. The number of carbonyl (C=O) groups is 1. The third-order valence-electron chi connectivity index (χ3n) is 4.41. The first-order valence-corrected chi connectivity index (χ1v) is 8.64. The van der Waals surface area contributed by atoms with E-state index in [9.17, 15) is 22.4 Å². The fraction of sp³-hybridized carbons (Fsp3) is 0.333. The summed E-state index contributed by atoms with van der Waals surface area (Å²) in [7, 11) is 0. The molecule has 0 saturated heterocycles. The molecule has 1 N–H and O–H groups in total. The first kappa shape index (κ1) is 19.4. The smallest absolute Gasteiger partial charge is 0.378 e. The molecule has 9 heteroatoms. The van der Waals surface area contributed by atoms with Crippen molar-refractivity contribution in [1.29, 1.82) is 0 Å². The molecular weight excluding hydrogens is 386 g/mol. The first-order valence-electron chi connectivity index (χ1n) is 8.26. The van der Waals surface area contributed by atoms with Gasteiger partial charge in [-0.3, -0.25) is 9.78 Å². The normalized spacial score (nSPS) is 14.5. The largest absolute Gasteiger partial charge is 0.471 e. The van der Waals surface area contributed by atoms with Crippen LogP contribution in [-0.4, -0.2) is 35.1 Å². The topological polar surface area (TPSA) is 45.2 Å². The Morgan fingerprint density at radius 2 is 1.93 bits per heavy atom. The molecule has 3 rings (SSSR count). The second kappa shape index (κ2) is 7.72. The zero-order chi connectivity index (χ0) is 19.6. The molecule has 0 aliphatic carbocycles. The Morgan fingerprint density at radius 1 is 1.19 bits per heavy atom. The third kappa shape index (κ3) is 4.50. The van der Waals surface area contributed by atoms with Gasteiger partial charge in [0.05, 0.1) is 29.1 Å². The van der Waals surface area contributed by atoms with Crippen LogP contribution in [-0.2, 0) is 24.2 Å². The molecule has 4 nitrogen and oxygen atoms in total. The Labute approximate surface area is 158 Å². The van der Waals surface area contributed by atoms with Crippen molar-refractivity contribution in [2.75, 3.05) is 18.4 Å². The lowest BCUT2D eigenvalue weighted by atomic mass is 10.0. The van der Waals surface area contributed by atoms with E-state index in [4.69, 9.17) is 11.6 Å². The minimum absolute atomic E-state index is 0.00800. The highest BCUT2D eigenvalue weighted by atomic mass is 35.5. The van der Waals surface area contributed by atoms with E-state index in [1.807, 2.05) is 0 Å².